The Morgan fingerprint density at radius 2 is 2.25 bits per heavy atom. The van der Waals surface area contributed by atoms with E-state index in [0.29, 0.717) is 5.69 Å². The van der Waals surface area contributed by atoms with Gasteiger partial charge in [-0.05, 0) is 12.1 Å². The van der Waals surface area contributed by atoms with Gasteiger partial charge in [0.2, 0.25) is 0 Å². The maximum Gasteiger partial charge on any atom is 0.267 e. The minimum atomic E-state index is -0.479. The zero-order chi connectivity index (χ0) is 11.3. The van der Waals surface area contributed by atoms with Gasteiger partial charge in [-0.2, -0.15) is 10.2 Å². The summed E-state index contributed by atoms with van der Waals surface area (Å²) in [6.07, 6.45) is 1.69. The number of hydrogen-bond acceptors (Lipinski definition) is 3. The molecule has 0 unspecified atom stereocenters. The minimum absolute atomic E-state index is 0.415. The molecule has 2 aromatic heterocycles. The third-order valence-electron chi connectivity index (χ3n) is 2.66. The standard InChI is InChI=1S/C10H9N5O/c1-15-9(10(11)16)5-2-3-7-6(4-12-13-7)8(5)14-15/h2-4H,1H3,(H2,11,16)(H,12,13). The number of rotatable bonds is 1. The van der Waals surface area contributed by atoms with E-state index in [-0.39, 0.29) is 0 Å². The average molecular weight is 215 g/mol. The summed E-state index contributed by atoms with van der Waals surface area (Å²) in [5, 5.41) is 12.7. The maximum atomic E-state index is 11.3. The Labute approximate surface area is 90.0 Å². The van der Waals surface area contributed by atoms with Crippen molar-refractivity contribution in [1.29, 1.82) is 0 Å². The Hall–Kier alpha value is -2.37. The van der Waals surface area contributed by atoms with Crippen LogP contribution in [0, 0.1) is 0 Å². The van der Waals surface area contributed by atoms with Crippen molar-refractivity contribution in [3.05, 3.63) is 24.0 Å². The van der Waals surface area contributed by atoms with E-state index in [2.05, 4.69) is 15.3 Å². The van der Waals surface area contributed by atoms with Gasteiger partial charge in [-0.15, -0.1) is 0 Å². The number of aryl methyl sites for hydroxylation is 1. The highest BCUT2D eigenvalue weighted by atomic mass is 16.1. The van der Waals surface area contributed by atoms with E-state index in [0.717, 1.165) is 21.8 Å². The first-order valence-corrected chi connectivity index (χ1v) is 4.77. The molecule has 1 aromatic carbocycles. The van der Waals surface area contributed by atoms with E-state index in [9.17, 15) is 4.79 Å². The number of H-pyrrole nitrogens is 1. The molecule has 3 rings (SSSR count). The summed E-state index contributed by atoms with van der Waals surface area (Å²) in [6.45, 7) is 0. The van der Waals surface area contributed by atoms with Crippen LogP contribution in [0.1, 0.15) is 10.5 Å². The van der Waals surface area contributed by atoms with Gasteiger partial charge in [0.25, 0.3) is 5.91 Å². The Bertz CT molecular complexity index is 708. The highest BCUT2D eigenvalue weighted by Crippen LogP contribution is 2.24. The summed E-state index contributed by atoms with van der Waals surface area (Å²) in [6, 6.07) is 3.68. The molecule has 0 aliphatic heterocycles. The second-order valence-corrected chi connectivity index (χ2v) is 3.63. The Morgan fingerprint density at radius 3 is 3.00 bits per heavy atom. The number of carbonyl (C=O) groups is 1. The molecule has 80 valence electrons. The van der Waals surface area contributed by atoms with Crippen molar-refractivity contribution in [2.75, 3.05) is 0 Å². The number of carbonyl (C=O) groups excluding carboxylic acids is 1. The zero-order valence-corrected chi connectivity index (χ0v) is 8.56. The first-order chi connectivity index (χ1) is 7.68. The van der Waals surface area contributed by atoms with Crippen LogP contribution >= 0.6 is 0 Å². The van der Waals surface area contributed by atoms with Crippen LogP contribution in [0.3, 0.4) is 0 Å². The van der Waals surface area contributed by atoms with Gasteiger partial charge in [-0.3, -0.25) is 14.6 Å². The van der Waals surface area contributed by atoms with Gasteiger partial charge in [0, 0.05) is 17.8 Å². The fourth-order valence-electron chi connectivity index (χ4n) is 1.97. The van der Waals surface area contributed by atoms with Gasteiger partial charge in [-0.1, -0.05) is 0 Å². The number of fused-ring (bicyclic) bond motifs is 3. The highest BCUT2D eigenvalue weighted by molar-refractivity contribution is 6.11. The third-order valence-corrected chi connectivity index (χ3v) is 2.66. The van der Waals surface area contributed by atoms with E-state index in [1.807, 2.05) is 12.1 Å². The Kier molecular flexibility index (Phi) is 1.57. The van der Waals surface area contributed by atoms with Gasteiger partial charge in [0.1, 0.15) is 11.2 Å². The lowest BCUT2D eigenvalue weighted by molar-refractivity contribution is 0.0993. The summed E-state index contributed by atoms with van der Waals surface area (Å²) in [5.74, 6) is -0.479. The van der Waals surface area contributed by atoms with E-state index in [4.69, 9.17) is 5.73 Å². The van der Waals surface area contributed by atoms with E-state index in [1.54, 1.807) is 13.2 Å². The minimum Gasteiger partial charge on any atom is -0.364 e. The van der Waals surface area contributed by atoms with E-state index < -0.39 is 5.91 Å². The fourth-order valence-corrected chi connectivity index (χ4v) is 1.97. The van der Waals surface area contributed by atoms with Gasteiger partial charge in [-0.25, -0.2) is 0 Å². The van der Waals surface area contributed by atoms with Crippen LogP contribution in [-0.2, 0) is 7.05 Å². The predicted molar refractivity (Wildman–Crippen MR) is 58.9 cm³/mol. The summed E-state index contributed by atoms with van der Waals surface area (Å²) >= 11 is 0. The molecule has 6 nitrogen and oxygen atoms in total. The van der Waals surface area contributed by atoms with Crippen LogP contribution in [0.5, 0.6) is 0 Å². The van der Waals surface area contributed by atoms with Crippen LogP contribution in [-0.4, -0.2) is 25.9 Å². The molecule has 0 saturated heterocycles. The van der Waals surface area contributed by atoms with Gasteiger partial charge in [0.15, 0.2) is 0 Å². The van der Waals surface area contributed by atoms with Crippen molar-refractivity contribution < 1.29 is 4.79 Å². The van der Waals surface area contributed by atoms with Crippen LogP contribution in [0.2, 0.25) is 0 Å². The largest absolute Gasteiger partial charge is 0.364 e. The van der Waals surface area contributed by atoms with Gasteiger partial charge in [0.05, 0.1) is 11.7 Å². The van der Waals surface area contributed by atoms with Gasteiger partial charge < -0.3 is 5.73 Å². The molecule has 0 aliphatic carbocycles. The number of nitrogens with zero attached hydrogens (tertiary/aromatic N) is 3. The number of aromatic nitrogens is 4. The number of aromatic amines is 1. The van der Waals surface area contributed by atoms with Crippen molar-refractivity contribution in [1.82, 2.24) is 20.0 Å². The molecule has 1 amide bonds. The Balaban J connectivity index is 2.55. The van der Waals surface area contributed by atoms with Gasteiger partial charge >= 0.3 is 0 Å². The fraction of sp³-hybridized carbons (Fsp3) is 0.100. The highest BCUT2D eigenvalue weighted by Gasteiger charge is 2.15. The monoisotopic (exact) mass is 215 g/mol. The molecule has 0 fully saturated rings. The lowest BCUT2D eigenvalue weighted by Gasteiger charge is -1.95. The predicted octanol–water partition coefficient (Wildman–Crippen LogP) is 0.548. The van der Waals surface area contributed by atoms with Crippen molar-refractivity contribution in [2.24, 2.45) is 12.8 Å². The molecule has 2 heterocycles. The molecule has 6 heteroatoms. The molecule has 16 heavy (non-hydrogen) atoms. The van der Waals surface area contributed by atoms with E-state index in [1.165, 1.54) is 4.68 Å². The molecule has 0 atom stereocenters. The summed E-state index contributed by atoms with van der Waals surface area (Å²) in [7, 11) is 1.70. The number of nitrogens with two attached hydrogens (primary N) is 1. The van der Waals surface area contributed by atoms with Crippen molar-refractivity contribution in [3.63, 3.8) is 0 Å². The molecule has 0 saturated carbocycles. The Morgan fingerprint density at radius 1 is 1.44 bits per heavy atom. The van der Waals surface area contributed by atoms with Crippen LogP contribution < -0.4 is 5.73 Å². The molecule has 3 N–H and O–H groups in total. The maximum absolute atomic E-state index is 11.3. The molecule has 0 radical (unpaired) electrons. The van der Waals surface area contributed by atoms with Crippen LogP contribution in [0.4, 0.5) is 0 Å². The third kappa shape index (κ3) is 0.979. The lowest BCUT2D eigenvalue weighted by atomic mass is 10.1. The van der Waals surface area contributed by atoms with Crippen molar-refractivity contribution in [3.8, 4) is 0 Å². The number of primary amides is 1. The molecular formula is C10H9N5O. The molecule has 0 spiro atoms. The lowest BCUT2D eigenvalue weighted by Crippen LogP contribution is -2.15. The molecule has 3 aromatic rings. The zero-order valence-electron chi connectivity index (χ0n) is 8.56. The normalized spacial score (nSPS) is 11.3. The van der Waals surface area contributed by atoms with Crippen LogP contribution in [0.15, 0.2) is 18.3 Å². The summed E-state index contributed by atoms with van der Waals surface area (Å²) < 4.78 is 1.50. The number of nitrogens with one attached hydrogen (secondary N) is 1. The number of benzene rings is 1. The summed E-state index contributed by atoms with van der Waals surface area (Å²) in [4.78, 5) is 11.3. The second kappa shape index (κ2) is 2.82. The van der Waals surface area contributed by atoms with Crippen molar-refractivity contribution in [2.45, 2.75) is 0 Å². The SMILES string of the molecule is Cn1nc2c(ccc3[nH]ncc32)c1C(N)=O. The van der Waals surface area contributed by atoms with Crippen molar-refractivity contribution >= 4 is 27.7 Å². The first kappa shape index (κ1) is 8.90. The average Bonchev–Trinajstić information content (AvgIpc) is 2.78. The number of hydrogen-bond donors (Lipinski definition) is 2. The van der Waals surface area contributed by atoms with Crippen LogP contribution in [0.25, 0.3) is 21.8 Å². The van der Waals surface area contributed by atoms with E-state index >= 15 is 0 Å². The first-order valence-electron chi connectivity index (χ1n) is 4.77. The topological polar surface area (TPSA) is 89.6 Å². The molecular weight excluding hydrogens is 206 g/mol. The second-order valence-electron chi connectivity index (χ2n) is 3.63. The quantitative estimate of drug-likeness (QED) is 0.621. The molecule has 0 aliphatic rings. The smallest absolute Gasteiger partial charge is 0.267 e. The summed E-state index contributed by atoms with van der Waals surface area (Å²) in [5.41, 5.74) is 7.37. The number of amides is 1. The molecule has 0 bridgehead atoms.